The molecule has 0 atom stereocenters. The highest BCUT2D eigenvalue weighted by Gasteiger charge is 2.10. The lowest BCUT2D eigenvalue weighted by molar-refractivity contribution is 0.122. The Hall–Kier alpha value is -1.60. The number of rotatable bonds is 4. The molecule has 5 heteroatoms. The van der Waals surface area contributed by atoms with Gasteiger partial charge in [-0.25, -0.2) is 0 Å². The van der Waals surface area contributed by atoms with Gasteiger partial charge in [0.05, 0.1) is 29.6 Å². The van der Waals surface area contributed by atoms with Crippen molar-refractivity contribution in [2.45, 2.75) is 0 Å². The number of halogens is 1. The van der Waals surface area contributed by atoms with Gasteiger partial charge in [0.1, 0.15) is 5.75 Å². The highest BCUT2D eigenvalue weighted by atomic mass is 127. The quantitative estimate of drug-likeness (QED) is 0.554. The Kier molecular flexibility index (Phi) is 5.51. The minimum atomic E-state index is 0.802. The summed E-state index contributed by atoms with van der Waals surface area (Å²) in [5, 5.41) is 0. The summed E-state index contributed by atoms with van der Waals surface area (Å²) in [5.74, 6) is 0.887. The molecule has 0 bridgehead atoms. The monoisotopic (exact) mass is 422 g/mol. The summed E-state index contributed by atoms with van der Waals surface area (Å²) in [6, 6.07) is 14.4. The van der Waals surface area contributed by atoms with Crippen molar-refractivity contribution in [3.63, 3.8) is 0 Å². The van der Waals surface area contributed by atoms with E-state index >= 15 is 0 Å². The van der Waals surface area contributed by atoms with Crippen molar-refractivity contribution < 1.29 is 9.47 Å². The van der Waals surface area contributed by atoms with Gasteiger partial charge >= 0.3 is 0 Å². The maximum Gasteiger partial charge on any atom is 0.132 e. The molecule has 2 aromatic carbocycles. The van der Waals surface area contributed by atoms with Gasteiger partial charge in [0.15, 0.2) is 0 Å². The van der Waals surface area contributed by atoms with E-state index in [2.05, 4.69) is 62.8 Å². The summed E-state index contributed by atoms with van der Waals surface area (Å²) in [6.45, 7) is 3.51. The number of anilines is 1. The molecule has 0 unspecified atom stereocenters. The van der Waals surface area contributed by atoms with Crippen LogP contribution in [0.25, 0.3) is 0 Å². The Bertz CT molecular complexity index is 680. The van der Waals surface area contributed by atoms with E-state index in [0.717, 1.165) is 46.9 Å². The second kappa shape index (κ2) is 7.79. The van der Waals surface area contributed by atoms with Crippen LogP contribution in [0.3, 0.4) is 0 Å². The van der Waals surface area contributed by atoms with Crippen molar-refractivity contribution >= 4 is 40.2 Å². The Morgan fingerprint density at radius 1 is 1.13 bits per heavy atom. The Morgan fingerprint density at radius 3 is 2.52 bits per heavy atom. The first-order valence-electron chi connectivity index (χ1n) is 7.56. The predicted molar refractivity (Wildman–Crippen MR) is 102 cm³/mol. The number of benzene rings is 2. The van der Waals surface area contributed by atoms with Crippen LogP contribution < -0.4 is 9.64 Å². The Labute approximate surface area is 150 Å². The first-order valence-corrected chi connectivity index (χ1v) is 8.64. The zero-order valence-corrected chi connectivity index (χ0v) is 15.2. The van der Waals surface area contributed by atoms with Crippen molar-refractivity contribution in [3.05, 3.63) is 51.6 Å². The van der Waals surface area contributed by atoms with Crippen molar-refractivity contribution in [1.82, 2.24) is 0 Å². The molecule has 3 rings (SSSR count). The summed E-state index contributed by atoms with van der Waals surface area (Å²) in [6.07, 6.45) is 1.88. The molecule has 1 fully saturated rings. The first kappa shape index (κ1) is 16.3. The summed E-state index contributed by atoms with van der Waals surface area (Å²) in [5.41, 5.74) is 3.24. The molecule has 0 aromatic heterocycles. The zero-order chi connectivity index (χ0) is 16.1. The molecular formula is C18H19IN2O2. The van der Waals surface area contributed by atoms with Gasteiger partial charge < -0.3 is 14.4 Å². The van der Waals surface area contributed by atoms with Crippen LogP contribution in [0.5, 0.6) is 5.75 Å². The van der Waals surface area contributed by atoms with Crippen LogP contribution in [0.4, 0.5) is 11.4 Å². The fourth-order valence-corrected chi connectivity index (χ4v) is 3.24. The van der Waals surface area contributed by atoms with Crippen molar-refractivity contribution in [3.8, 4) is 5.75 Å². The third kappa shape index (κ3) is 4.23. The second-order valence-corrected chi connectivity index (χ2v) is 6.43. The lowest BCUT2D eigenvalue weighted by Gasteiger charge is -2.28. The largest absolute Gasteiger partial charge is 0.496 e. The minimum Gasteiger partial charge on any atom is -0.496 e. The maximum atomic E-state index is 5.38. The van der Waals surface area contributed by atoms with Crippen LogP contribution in [-0.2, 0) is 4.74 Å². The predicted octanol–water partition coefficient (Wildman–Crippen LogP) is 3.89. The molecule has 0 N–H and O–H groups in total. The topological polar surface area (TPSA) is 34.1 Å². The number of aliphatic imine (C=N–C) groups is 1. The van der Waals surface area contributed by atoms with Gasteiger partial charge in [-0.15, -0.1) is 0 Å². The molecule has 0 amide bonds. The third-order valence-corrected chi connectivity index (χ3v) is 4.61. The molecule has 120 valence electrons. The van der Waals surface area contributed by atoms with Crippen molar-refractivity contribution in [2.24, 2.45) is 4.99 Å². The number of hydrogen-bond donors (Lipinski definition) is 0. The molecule has 1 heterocycles. The smallest absolute Gasteiger partial charge is 0.132 e. The van der Waals surface area contributed by atoms with Gasteiger partial charge in [-0.3, -0.25) is 4.99 Å². The Balaban J connectivity index is 1.68. The fraction of sp³-hybridized carbons (Fsp3) is 0.278. The molecule has 1 saturated heterocycles. The lowest BCUT2D eigenvalue weighted by atomic mass is 10.2. The molecule has 1 aliphatic heterocycles. The van der Waals surface area contributed by atoms with Crippen LogP contribution in [0, 0.1) is 3.57 Å². The number of hydrogen-bond acceptors (Lipinski definition) is 4. The summed E-state index contributed by atoms with van der Waals surface area (Å²) < 4.78 is 11.7. The Morgan fingerprint density at radius 2 is 1.87 bits per heavy atom. The molecular weight excluding hydrogens is 403 g/mol. The number of nitrogens with zero attached hydrogens (tertiary/aromatic N) is 2. The van der Waals surface area contributed by atoms with Gasteiger partial charge in [-0.1, -0.05) is 0 Å². The molecule has 0 spiro atoms. The fourth-order valence-electron chi connectivity index (χ4n) is 2.48. The minimum absolute atomic E-state index is 0.802. The molecule has 2 aromatic rings. The van der Waals surface area contributed by atoms with E-state index in [1.54, 1.807) is 7.11 Å². The standard InChI is InChI=1S/C18H19IN2O2/c1-22-18-7-2-14(12-17(18)19)13-20-15-3-5-16(6-4-15)21-8-10-23-11-9-21/h2-7,12-13H,8-11H2,1H3. The number of morpholine rings is 1. The normalized spacial score (nSPS) is 15.1. The first-order chi connectivity index (χ1) is 11.3. The van der Waals surface area contributed by atoms with E-state index < -0.39 is 0 Å². The van der Waals surface area contributed by atoms with Gasteiger partial charge in [0, 0.05) is 25.0 Å². The SMILES string of the molecule is COc1ccc(C=Nc2ccc(N3CCOCC3)cc2)cc1I. The highest BCUT2D eigenvalue weighted by molar-refractivity contribution is 14.1. The van der Waals surface area contributed by atoms with E-state index in [1.165, 1.54) is 5.69 Å². The van der Waals surface area contributed by atoms with E-state index in [-0.39, 0.29) is 0 Å². The van der Waals surface area contributed by atoms with E-state index in [0.29, 0.717) is 0 Å². The van der Waals surface area contributed by atoms with E-state index in [4.69, 9.17) is 9.47 Å². The molecule has 0 saturated carbocycles. The molecule has 0 radical (unpaired) electrons. The van der Waals surface area contributed by atoms with Gasteiger partial charge in [0.25, 0.3) is 0 Å². The molecule has 0 aliphatic carbocycles. The summed E-state index contributed by atoms with van der Waals surface area (Å²) in [4.78, 5) is 6.88. The van der Waals surface area contributed by atoms with E-state index in [1.807, 2.05) is 18.3 Å². The summed E-state index contributed by atoms with van der Waals surface area (Å²) >= 11 is 2.27. The number of methoxy groups -OCH3 is 1. The third-order valence-electron chi connectivity index (χ3n) is 3.76. The van der Waals surface area contributed by atoms with Crippen molar-refractivity contribution in [1.29, 1.82) is 0 Å². The van der Waals surface area contributed by atoms with Gasteiger partial charge in [-0.05, 0) is 70.6 Å². The maximum absolute atomic E-state index is 5.38. The van der Waals surface area contributed by atoms with Crippen LogP contribution in [0.2, 0.25) is 0 Å². The van der Waals surface area contributed by atoms with Crippen LogP contribution in [0.15, 0.2) is 47.5 Å². The number of ether oxygens (including phenoxy) is 2. The van der Waals surface area contributed by atoms with E-state index in [9.17, 15) is 0 Å². The summed E-state index contributed by atoms with van der Waals surface area (Å²) in [7, 11) is 1.68. The van der Waals surface area contributed by atoms with Crippen LogP contribution in [-0.4, -0.2) is 39.6 Å². The van der Waals surface area contributed by atoms with Crippen LogP contribution >= 0.6 is 22.6 Å². The molecule has 1 aliphatic rings. The molecule has 23 heavy (non-hydrogen) atoms. The highest BCUT2D eigenvalue weighted by Crippen LogP contribution is 2.23. The second-order valence-electron chi connectivity index (χ2n) is 5.27. The molecule has 4 nitrogen and oxygen atoms in total. The van der Waals surface area contributed by atoms with Crippen molar-refractivity contribution in [2.75, 3.05) is 38.3 Å². The van der Waals surface area contributed by atoms with Crippen LogP contribution in [0.1, 0.15) is 5.56 Å². The van der Waals surface area contributed by atoms with Gasteiger partial charge in [-0.2, -0.15) is 0 Å². The average Bonchev–Trinajstić information content (AvgIpc) is 2.61. The lowest BCUT2D eigenvalue weighted by Crippen LogP contribution is -2.36. The average molecular weight is 422 g/mol. The zero-order valence-electron chi connectivity index (χ0n) is 13.0. The van der Waals surface area contributed by atoms with Gasteiger partial charge in [0.2, 0.25) is 0 Å².